The van der Waals surface area contributed by atoms with Crippen LogP contribution in [-0.4, -0.2) is 16.5 Å². The third-order valence-corrected chi connectivity index (χ3v) is 11.4. The van der Waals surface area contributed by atoms with Crippen LogP contribution in [0.2, 0.25) is 0 Å². The Bertz CT molecular complexity index is 1440. The maximum Gasteiger partial charge on any atom is 0.134 e. The number of aryl methyl sites for hydroxylation is 1. The lowest BCUT2D eigenvalue weighted by atomic mass is 9.50. The molecule has 5 unspecified atom stereocenters. The van der Waals surface area contributed by atoms with Gasteiger partial charge in [-0.15, -0.1) is 0 Å². The lowest BCUT2D eigenvalue weighted by molar-refractivity contribution is -0.0515. The van der Waals surface area contributed by atoms with E-state index in [2.05, 4.69) is 106 Å². The van der Waals surface area contributed by atoms with Gasteiger partial charge in [-0.1, -0.05) is 98.3 Å². The molecule has 0 aromatic heterocycles. The van der Waals surface area contributed by atoms with Crippen molar-refractivity contribution < 1.29 is 0 Å². The Morgan fingerprint density at radius 1 is 1.16 bits per heavy atom. The summed E-state index contributed by atoms with van der Waals surface area (Å²) < 4.78 is 0. The molecule has 0 radical (unpaired) electrons. The topological polar surface area (TPSA) is 50.7 Å². The van der Waals surface area contributed by atoms with Crippen molar-refractivity contribution >= 4 is 39.4 Å². The van der Waals surface area contributed by atoms with Crippen molar-refractivity contribution in [1.29, 1.82) is 0 Å². The lowest BCUT2D eigenvalue weighted by Gasteiger charge is -2.55. The molecule has 0 saturated heterocycles. The van der Waals surface area contributed by atoms with E-state index in [-0.39, 0.29) is 11.3 Å². The predicted octanol–water partition coefficient (Wildman–Crippen LogP) is 9.97. The first kappa shape index (κ1) is 32.5. The van der Waals surface area contributed by atoms with E-state index in [9.17, 15) is 0 Å². The van der Waals surface area contributed by atoms with Gasteiger partial charge in [0.1, 0.15) is 11.7 Å². The molecule has 2 saturated carbocycles. The molecule has 2 aromatic rings. The highest BCUT2D eigenvalue weighted by Gasteiger charge is 2.50. The van der Waals surface area contributed by atoms with Crippen LogP contribution in [0, 0.1) is 54.1 Å². The van der Waals surface area contributed by atoms with Gasteiger partial charge in [0.15, 0.2) is 0 Å². The summed E-state index contributed by atoms with van der Waals surface area (Å²) >= 11 is 3.79. The van der Waals surface area contributed by atoms with Crippen molar-refractivity contribution in [3.05, 3.63) is 95.1 Å². The van der Waals surface area contributed by atoms with Crippen molar-refractivity contribution in [3.8, 4) is 0 Å². The van der Waals surface area contributed by atoms with Gasteiger partial charge >= 0.3 is 0 Å². The molecule has 3 aliphatic carbocycles. The van der Waals surface area contributed by atoms with Crippen LogP contribution in [0.4, 0.5) is 0 Å². The fourth-order valence-corrected chi connectivity index (χ4v) is 8.47. The molecule has 0 bridgehead atoms. The van der Waals surface area contributed by atoms with E-state index in [1.807, 2.05) is 18.2 Å². The summed E-state index contributed by atoms with van der Waals surface area (Å²) in [4.78, 5) is 11.0. The van der Waals surface area contributed by atoms with Gasteiger partial charge < -0.3 is 5.73 Å². The quantitative estimate of drug-likeness (QED) is 0.172. The van der Waals surface area contributed by atoms with Gasteiger partial charge in [0.25, 0.3) is 0 Å². The van der Waals surface area contributed by atoms with Crippen LogP contribution in [0.15, 0.2) is 65.1 Å². The number of benzene rings is 1. The first-order valence-electron chi connectivity index (χ1n) is 16.6. The van der Waals surface area contributed by atoms with Gasteiger partial charge in [0.2, 0.25) is 0 Å². The normalized spacial score (nSPS) is 27.1. The highest BCUT2D eigenvalue weighted by Crippen LogP contribution is 2.57. The summed E-state index contributed by atoms with van der Waals surface area (Å²) in [7, 11) is 0. The van der Waals surface area contributed by atoms with Crippen molar-refractivity contribution in [2.24, 2.45) is 50.7 Å². The summed E-state index contributed by atoms with van der Waals surface area (Å²) in [5.41, 5.74) is 13.6. The van der Waals surface area contributed by atoms with Gasteiger partial charge in [0, 0.05) is 22.7 Å². The Labute approximate surface area is 275 Å². The molecule has 232 valence electrons. The zero-order chi connectivity index (χ0) is 31.4. The van der Waals surface area contributed by atoms with E-state index in [4.69, 9.17) is 15.7 Å². The first-order valence-corrected chi connectivity index (χ1v) is 17.5. The Balaban J connectivity index is 1.47. The highest BCUT2D eigenvalue weighted by molar-refractivity contribution is 9.09. The number of nitrogens with two attached hydrogens (primary N) is 1. The molecular formula is C40H50BrN3. The van der Waals surface area contributed by atoms with E-state index in [0.717, 1.165) is 53.8 Å². The maximum absolute atomic E-state index is 6.66. The monoisotopic (exact) mass is 651 g/mol. The number of hydrogen-bond acceptors (Lipinski definition) is 1. The Hall–Kier alpha value is -2.90. The van der Waals surface area contributed by atoms with E-state index >= 15 is 0 Å². The SMILES string of the molecule is C=C(/N=C(\N=C(/N)Cc1cc#ccc1)C1CCC2CC(CCC(C)Br)[C@@H](C)C(C)(C)C2C1)c1cc(C)cc2c1C=CC=CC2. The van der Waals surface area contributed by atoms with E-state index < -0.39 is 0 Å². The van der Waals surface area contributed by atoms with Crippen LogP contribution in [0.25, 0.3) is 11.8 Å². The Morgan fingerprint density at radius 3 is 2.73 bits per heavy atom. The smallest absolute Gasteiger partial charge is 0.134 e. The zero-order valence-corrected chi connectivity index (χ0v) is 29.0. The van der Waals surface area contributed by atoms with Crippen molar-refractivity contribution in [2.75, 3.05) is 0 Å². The molecule has 0 aliphatic heterocycles. The number of allylic oxidation sites excluding steroid dienone is 3. The first-order chi connectivity index (χ1) is 21.0. The van der Waals surface area contributed by atoms with Crippen molar-refractivity contribution in [1.82, 2.24) is 0 Å². The van der Waals surface area contributed by atoms with Crippen LogP contribution in [0.5, 0.6) is 0 Å². The Morgan fingerprint density at radius 2 is 1.98 bits per heavy atom. The molecule has 5 rings (SSSR count). The average Bonchev–Trinajstić information content (AvgIpc) is 3.23. The molecule has 6 atom stereocenters. The number of alkyl halides is 1. The zero-order valence-electron chi connectivity index (χ0n) is 27.4. The molecule has 3 aliphatic rings. The molecule has 44 heavy (non-hydrogen) atoms. The Kier molecular flexibility index (Phi) is 10.4. The van der Waals surface area contributed by atoms with Crippen molar-refractivity contribution in [3.63, 3.8) is 0 Å². The standard InChI is InChI=1S/C40H50BrN3/c1-26-21-32-15-11-8-12-16-35(32)36(22-26)29(4)43-39(44-38(42)23-30-13-9-7-10-14-30)34-20-19-33-24-31(18-17-27(2)41)28(3)40(5,6)37(33)25-34/h8-9,11-14,16,21-22,27-28,31,33-34,37H,4,15,17-20,23-25H2,1-3,5-6H3,(H2,42,43,44)/t27?,28-,31?,33?,34?,37?/m1/s1. The molecule has 2 aromatic carbocycles. The highest BCUT2D eigenvalue weighted by atomic mass is 79.9. The molecule has 0 amide bonds. The third kappa shape index (κ3) is 7.48. The average molecular weight is 653 g/mol. The second-order valence-corrected chi connectivity index (χ2v) is 15.8. The summed E-state index contributed by atoms with van der Waals surface area (Å²) in [5.74, 6) is 4.59. The van der Waals surface area contributed by atoms with Crippen LogP contribution in [0.1, 0.15) is 94.0 Å². The molecule has 3 nitrogen and oxygen atoms in total. The van der Waals surface area contributed by atoms with Crippen LogP contribution in [-0.2, 0) is 12.8 Å². The fourth-order valence-electron chi connectivity index (χ4n) is 8.20. The largest absolute Gasteiger partial charge is 0.387 e. The van der Waals surface area contributed by atoms with Crippen LogP contribution in [0.3, 0.4) is 0 Å². The summed E-state index contributed by atoms with van der Waals surface area (Å²) in [5, 5.41) is 0. The summed E-state index contributed by atoms with van der Waals surface area (Å²) in [6, 6.07) is 16.4. The van der Waals surface area contributed by atoms with Crippen molar-refractivity contribution in [2.45, 2.75) is 90.8 Å². The summed E-state index contributed by atoms with van der Waals surface area (Å²) in [6.07, 6.45) is 17.5. The second kappa shape index (κ2) is 14.0. The fraction of sp³-hybridized carbons (Fsp3) is 0.500. The van der Waals surface area contributed by atoms with E-state index in [0.29, 0.717) is 28.9 Å². The molecular weight excluding hydrogens is 602 g/mol. The number of rotatable bonds is 8. The minimum atomic E-state index is 0.258. The molecule has 0 spiro atoms. The number of aliphatic imine (C=N–C) groups is 2. The number of hydrogen-bond donors (Lipinski definition) is 1. The molecule has 2 fully saturated rings. The predicted molar refractivity (Wildman–Crippen MR) is 192 cm³/mol. The van der Waals surface area contributed by atoms with Crippen LogP contribution >= 0.6 is 15.9 Å². The number of halogens is 1. The lowest BCUT2D eigenvalue weighted by Crippen LogP contribution is -2.48. The third-order valence-electron chi connectivity index (χ3n) is 10.9. The number of amidine groups is 2. The van der Waals surface area contributed by atoms with Gasteiger partial charge in [-0.3, -0.25) is 0 Å². The number of fused-ring (bicyclic) bond motifs is 2. The molecule has 4 heteroatoms. The number of nitrogens with zero attached hydrogens (tertiary/aromatic N) is 2. The van der Waals surface area contributed by atoms with Crippen LogP contribution < -0.4 is 5.73 Å². The molecule has 2 N–H and O–H groups in total. The second-order valence-electron chi connectivity index (χ2n) is 14.3. The minimum Gasteiger partial charge on any atom is -0.387 e. The van der Waals surface area contributed by atoms with E-state index in [1.165, 1.54) is 42.4 Å². The maximum atomic E-state index is 6.66. The summed E-state index contributed by atoms with van der Waals surface area (Å²) in [6.45, 7) is 16.5. The van der Waals surface area contributed by atoms with Gasteiger partial charge in [-0.05, 0) is 122 Å². The minimum absolute atomic E-state index is 0.258. The van der Waals surface area contributed by atoms with Gasteiger partial charge in [-0.2, -0.15) is 0 Å². The molecule has 0 heterocycles. The van der Waals surface area contributed by atoms with Gasteiger partial charge in [0.05, 0.1) is 5.70 Å². The van der Waals surface area contributed by atoms with E-state index in [1.54, 1.807) is 0 Å². The van der Waals surface area contributed by atoms with Gasteiger partial charge in [-0.25, -0.2) is 9.98 Å².